The normalized spacial score (nSPS) is 12.6. The summed E-state index contributed by atoms with van der Waals surface area (Å²) in [6, 6.07) is 3.89. The fraction of sp³-hybridized carbons (Fsp3) is 0.688. The number of aromatic nitrogens is 1. The van der Waals surface area contributed by atoms with Crippen molar-refractivity contribution in [3.05, 3.63) is 29.6 Å². The van der Waals surface area contributed by atoms with Gasteiger partial charge in [-0.1, -0.05) is 51.9 Å². The highest BCUT2D eigenvalue weighted by Gasteiger charge is 2.07. The average molecular weight is 249 g/mol. The van der Waals surface area contributed by atoms with Crippen LogP contribution in [-0.2, 0) is 0 Å². The van der Waals surface area contributed by atoms with Crippen LogP contribution in [0.25, 0.3) is 0 Å². The molecule has 1 N–H and O–H groups in total. The first kappa shape index (κ1) is 15.2. The Labute approximate surface area is 111 Å². The number of unbranched alkanes of at least 4 members (excludes halogenated alkanes) is 6. The number of nitrogens with zero attached hydrogens (tertiary/aromatic N) is 1. The second kappa shape index (κ2) is 9.09. The smallest absolute Gasteiger partial charge is 0.0791 e. The van der Waals surface area contributed by atoms with Gasteiger partial charge in [0.2, 0.25) is 0 Å². The minimum absolute atomic E-state index is 0.317. The highest BCUT2D eigenvalue weighted by molar-refractivity contribution is 5.17. The van der Waals surface area contributed by atoms with Crippen LogP contribution in [0, 0.1) is 6.92 Å². The van der Waals surface area contributed by atoms with Gasteiger partial charge in [-0.3, -0.25) is 4.98 Å². The third-order valence-electron chi connectivity index (χ3n) is 3.39. The zero-order valence-corrected chi connectivity index (χ0v) is 11.9. The van der Waals surface area contributed by atoms with Crippen LogP contribution in [0.4, 0.5) is 0 Å². The van der Waals surface area contributed by atoms with E-state index in [0.717, 1.165) is 24.1 Å². The Morgan fingerprint density at radius 2 is 1.78 bits per heavy atom. The van der Waals surface area contributed by atoms with E-state index in [9.17, 15) is 5.11 Å². The molecule has 1 heterocycles. The van der Waals surface area contributed by atoms with Crippen molar-refractivity contribution in [2.24, 2.45) is 0 Å². The highest BCUT2D eigenvalue weighted by Crippen LogP contribution is 2.20. The van der Waals surface area contributed by atoms with Gasteiger partial charge in [-0.25, -0.2) is 0 Å². The molecule has 18 heavy (non-hydrogen) atoms. The number of hydrogen-bond donors (Lipinski definition) is 1. The zero-order valence-electron chi connectivity index (χ0n) is 11.9. The van der Waals surface area contributed by atoms with Crippen molar-refractivity contribution in [3.8, 4) is 0 Å². The molecule has 0 bridgehead atoms. The van der Waals surface area contributed by atoms with Gasteiger partial charge in [-0.2, -0.15) is 0 Å². The molecule has 0 aromatic carbocycles. The molecule has 0 aliphatic heterocycles. The minimum Gasteiger partial charge on any atom is -0.388 e. The van der Waals surface area contributed by atoms with Crippen molar-refractivity contribution in [2.75, 3.05) is 0 Å². The summed E-state index contributed by atoms with van der Waals surface area (Å²) in [4.78, 5) is 4.15. The first-order valence-corrected chi connectivity index (χ1v) is 7.34. The molecular weight excluding hydrogens is 222 g/mol. The van der Waals surface area contributed by atoms with Gasteiger partial charge >= 0.3 is 0 Å². The van der Waals surface area contributed by atoms with Crippen molar-refractivity contribution in [2.45, 2.75) is 71.3 Å². The number of aliphatic hydroxyl groups excluding tert-OH is 1. The Hall–Kier alpha value is -0.890. The van der Waals surface area contributed by atoms with Gasteiger partial charge in [-0.05, 0) is 31.0 Å². The fourth-order valence-corrected chi connectivity index (χ4v) is 2.24. The molecule has 1 atom stereocenters. The monoisotopic (exact) mass is 249 g/mol. The predicted octanol–water partition coefficient (Wildman–Crippen LogP) is 4.56. The van der Waals surface area contributed by atoms with E-state index in [-0.39, 0.29) is 6.10 Å². The van der Waals surface area contributed by atoms with Gasteiger partial charge in [0.25, 0.3) is 0 Å². The summed E-state index contributed by atoms with van der Waals surface area (Å²) >= 11 is 0. The summed E-state index contributed by atoms with van der Waals surface area (Å²) in [5, 5.41) is 10.1. The zero-order chi connectivity index (χ0) is 13.2. The summed E-state index contributed by atoms with van der Waals surface area (Å²) in [6.07, 6.45) is 11.4. The topological polar surface area (TPSA) is 33.1 Å². The van der Waals surface area contributed by atoms with Gasteiger partial charge in [0.05, 0.1) is 6.10 Å². The predicted molar refractivity (Wildman–Crippen MR) is 76.5 cm³/mol. The van der Waals surface area contributed by atoms with Gasteiger partial charge in [0.1, 0.15) is 0 Å². The Balaban J connectivity index is 2.12. The number of hydrogen-bond acceptors (Lipinski definition) is 2. The van der Waals surface area contributed by atoms with E-state index in [1.54, 1.807) is 6.20 Å². The van der Waals surface area contributed by atoms with Crippen LogP contribution in [0.2, 0.25) is 0 Å². The minimum atomic E-state index is -0.317. The summed E-state index contributed by atoms with van der Waals surface area (Å²) in [6.45, 7) is 4.21. The van der Waals surface area contributed by atoms with Crippen molar-refractivity contribution >= 4 is 0 Å². The van der Waals surface area contributed by atoms with Gasteiger partial charge in [0.15, 0.2) is 0 Å². The lowest BCUT2D eigenvalue weighted by atomic mass is 10.0. The molecular formula is C16H27NO. The Kier molecular flexibility index (Phi) is 7.66. The van der Waals surface area contributed by atoms with E-state index in [4.69, 9.17) is 0 Å². The second-order valence-corrected chi connectivity index (χ2v) is 5.16. The van der Waals surface area contributed by atoms with Crippen LogP contribution in [0.5, 0.6) is 0 Å². The molecule has 0 fully saturated rings. The van der Waals surface area contributed by atoms with Crippen LogP contribution in [-0.4, -0.2) is 10.1 Å². The molecule has 1 rings (SSSR count). The van der Waals surface area contributed by atoms with Crippen LogP contribution in [0.3, 0.4) is 0 Å². The van der Waals surface area contributed by atoms with E-state index in [0.29, 0.717) is 0 Å². The van der Waals surface area contributed by atoms with E-state index in [1.165, 1.54) is 38.5 Å². The maximum atomic E-state index is 10.1. The van der Waals surface area contributed by atoms with Crippen molar-refractivity contribution in [3.63, 3.8) is 0 Å². The molecule has 1 aromatic heterocycles. The first-order valence-electron chi connectivity index (χ1n) is 7.34. The van der Waals surface area contributed by atoms with E-state index >= 15 is 0 Å². The van der Waals surface area contributed by atoms with Crippen LogP contribution in [0.15, 0.2) is 18.3 Å². The van der Waals surface area contributed by atoms with E-state index in [1.807, 2.05) is 19.1 Å². The Morgan fingerprint density at radius 3 is 2.44 bits per heavy atom. The molecule has 1 aromatic rings. The number of aliphatic hydroxyl groups is 1. The molecule has 0 saturated heterocycles. The standard InChI is InChI=1S/C16H27NO/c1-3-4-5-6-7-8-9-10-16(18)15-11-12-17-14(2)13-15/h11-13,16,18H,3-10H2,1-2H3. The van der Waals surface area contributed by atoms with Gasteiger partial charge in [-0.15, -0.1) is 0 Å². The first-order chi connectivity index (χ1) is 8.74. The molecule has 2 nitrogen and oxygen atoms in total. The average Bonchev–Trinajstić information content (AvgIpc) is 2.37. The van der Waals surface area contributed by atoms with Crippen molar-refractivity contribution in [1.29, 1.82) is 0 Å². The quantitative estimate of drug-likeness (QED) is 0.651. The molecule has 0 saturated carbocycles. The highest BCUT2D eigenvalue weighted by atomic mass is 16.3. The maximum absolute atomic E-state index is 10.1. The molecule has 102 valence electrons. The molecule has 0 aliphatic carbocycles. The van der Waals surface area contributed by atoms with Crippen LogP contribution < -0.4 is 0 Å². The van der Waals surface area contributed by atoms with Crippen LogP contribution >= 0.6 is 0 Å². The summed E-state index contributed by atoms with van der Waals surface area (Å²) < 4.78 is 0. The van der Waals surface area contributed by atoms with Gasteiger partial charge in [0, 0.05) is 11.9 Å². The fourth-order valence-electron chi connectivity index (χ4n) is 2.24. The lowest BCUT2D eigenvalue weighted by molar-refractivity contribution is 0.163. The largest absolute Gasteiger partial charge is 0.388 e. The number of aryl methyl sites for hydroxylation is 1. The lowest BCUT2D eigenvalue weighted by Gasteiger charge is -2.11. The lowest BCUT2D eigenvalue weighted by Crippen LogP contribution is -1.98. The van der Waals surface area contributed by atoms with Crippen molar-refractivity contribution in [1.82, 2.24) is 4.98 Å². The molecule has 0 aliphatic rings. The van der Waals surface area contributed by atoms with E-state index < -0.39 is 0 Å². The third-order valence-corrected chi connectivity index (χ3v) is 3.39. The van der Waals surface area contributed by atoms with Gasteiger partial charge < -0.3 is 5.11 Å². The maximum Gasteiger partial charge on any atom is 0.0791 e. The second-order valence-electron chi connectivity index (χ2n) is 5.16. The molecule has 0 amide bonds. The molecule has 0 radical (unpaired) electrons. The van der Waals surface area contributed by atoms with Crippen molar-refractivity contribution < 1.29 is 5.11 Å². The summed E-state index contributed by atoms with van der Waals surface area (Å²) in [5.41, 5.74) is 1.99. The van der Waals surface area contributed by atoms with E-state index in [2.05, 4.69) is 11.9 Å². The Bertz CT molecular complexity index is 325. The molecule has 1 unspecified atom stereocenters. The number of rotatable bonds is 9. The third kappa shape index (κ3) is 6.15. The SMILES string of the molecule is CCCCCCCCCC(O)c1ccnc(C)c1. The van der Waals surface area contributed by atoms with Crippen LogP contribution in [0.1, 0.15) is 75.7 Å². The molecule has 2 heteroatoms. The molecule has 0 spiro atoms. The Morgan fingerprint density at radius 1 is 1.11 bits per heavy atom. The summed E-state index contributed by atoms with van der Waals surface area (Å²) in [5.74, 6) is 0. The number of pyridine rings is 1. The summed E-state index contributed by atoms with van der Waals surface area (Å²) in [7, 11) is 0.